The summed E-state index contributed by atoms with van der Waals surface area (Å²) in [5, 5.41) is 13.0. The molecule has 1 aromatic heterocycles. The molecule has 0 bridgehead atoms. The van der Waals surface area contributed by atoms with Gasteiger partial charge in [-0.2, -0.15) is 0 Å². The van der Waals surface area contributed by atoms with Crippen LogP contribution >= 0.6 is 11.6 Å². The molecular weight excluding hydrogens is 264 g/mol. The minimum absolute atomic E-state index is 0.476. The highest BCUT2D eigenvalue weighted by atomic mass is 35.5. The monoisotopic (exact) mass is 276 g/mol. The lowest BCUT2D eigenvalue weighted by Crippen LogP contribution is -2.40. The van der Waals surface area contributed by atoms with Crippen LogP contribution in [0.15, 0.2) is 48.8 Å². The fourth-order valence-electron chi connectivity index (χ4n) is 1.77. The number of nitrogens with one attached hydrogen (secondary N) is 1. The lowest BCUT2D eigenvalue weighted by Gasteiger charge is -2.28. The van der Waals surface area contributed by atoms with Crippen molar-refractivity contribution in [1.29, 1.82) is 0 Å². The standard InChI is InChI=1S/C14H13ClN2O2/c1-14(13(18)19,10-6-8-16-9-7-10)17-12-5-3-2-4-11(12)15/h2-9,17H,1H3,(H,18,19). The summed E-state index contributed by atoms with van der Waals surface area (Å²) >= 11 is 6.05. The van der Waals surface area contributed by atoms with E-state index in [0.717, 1.165) is 0 Å². The van der Waals surface area contributed by atoms with Crippen LogP contribution in [0.3, 0.4) is 0 Å². The van der Waals surface area contributed by atoms with E-state index in [1.165, 1.54) is 0 Å². The minimum Gasteiger partial charge on any atom is -0.479 e. The first-order valence-electron chi connectivity index (χ1n) is 5.70. The molecule has 0 amide bonds. The van der Waals surface area contributed by atoms with Gasteiger partial charge in [-0.3, -0.25) is 4.98 Å². The summed E-state index contributed by atoms with van der Waals surface area (Å²) < 4.78 is 0. The summed E-state index contributed by atoms with van der Waals surface area (Å²) in [7, 11) is 0. The number of carboxylic acid groups (broad SMARTS) is 1. The predicted molar refractivity (Wildman–Crippen MR) is 74.3 cm³/mol. The number of hydrogen-bond acceptors (Lipinski definition) is 3. The molecule has 19 heavy (non-hydrogen) atoms. The van der Waals surface area contributed by atoms with E-state index in [4.69, 9.17) is 11.6 Å². The number of aromatic nitrogens is 1. The average Bonchev–Trinajstić information content (AvgIpc) is 2.42. The maximum Gasteiger partial charge on any atom is 0.333 e. The van der Waals surface area contributed by atoms with Crippen LogP contribution in [0.4, 0.5) is 5.69 Å². The van der Waals surface area contributed by atoms with Gasteiger partial charge in [-0.25, -0.2) is 4.79 Å². The summed E-state index contributed by atoms with van der Waals surface area (Å²) in [6.45, 7) is 1.59. The highest BCUT2D eigenvalue weighted by Gasteiger charge is 2.35. The van der Waals surface area contributed by atoms with Crippen LogP contribution < -0.4 is 5.32 Å². The second-order valence-corrected chi connectivity index (χ2v) is 4.68. The number of carbonyl (C=O) groups is 1. The topological polar surface area (TPSA) is 62.2 Å². The van der Waals surface area contributed by atoms with Gasteiger partial charge >= 0.3 is 5.97 Å². The van der Waals surface area contributed by atoms with Crippen molar-refractivity contribution in [3.05, 3.63) is 59.4 Å². The third-order valence-corrected chi connectivity index (χ3v) is 3.27. The Morgan fingerprint density at radius 3 is 2.47 bits per heavy atom. The van der Waals surface area contributed by atoms with Gasteiger partial charge in [-0.1, -0.05) is 23.7 Å². The van der Waals surface area contributed by atoms with Crippen LogP contribution in [-0.2, 0) is 10.3 Å². The molecule has 98 valence electrons. The number of hydrogen-bond donors (Lipinski definition) is 2. The number of rotatable bonds is 4. The second kappa shape index (κ2) is 5.28. The van der Waals surface area contributed by atoms with Crippen LogP contribution in [0.25, 0.3) is 0 Å². The van der Waals surface area contributed by atoms with Crippen molar-refractivity contribution in [2.45, 2.75) is 12.5 Å². The van der Waals surface area contributed by atoms with E-state index in [-0.39, 0.29) is 0 Å². The highest BCUT2D eigenvalue weighted by Crippen LogP contribution is 2.30. The Labute approximate surface area is 116 Å². The fourth-order valence-corrected chi connectivity index (χ4v) is 1.95. The maximum absolute atomic E-state index is 11.6. The van der Waals surface area contributed by atoms with Gasteiger partial charge in [0.1, 0.15) is 0 Å². The van der Waals surface area contributed by atoms with Gasteiger partial charge in [0.15, 0.2) is 5.54 Å². The molecule has 0 aliphatic heterocycles. The Kier molecular flexibility index (Phi) is 3.71. The van der Waals surface area contributed by atoms with E-state index >= 15 is 0 Å². The number of nitrogens with zero attached hydrogens (tertiary/aromatic N) is 1. The molecule has 0 aliphatic rings. The molecule has 0 saturated carbocycles. The molecular formula is C14H13ClN2O2. The molecule has 2 rings (SSSR count). The molecule has 5 heteroatoms. The third kappa shape index (κ3) is 2.69. The Morgan fingerprint density at radius 2 is 1.89 bits per heavy atom. The average molecular weight is 277 g/mol. The highest BCUT2D eigenvalue weighted by molar-refractivity contribution is 6.33. The van der Waals surface area contributed by atoms with Gasteiger partial charge in [-0.15, -0.1) is 0 Å². The molecule has 2 N–H and O–H groups in total. The quantitative estimate of drug-likeness (QED) is 0.900. The number of anilines is 1. The first kappa shape index (κ1) is 13.4. The van der Waals surface area contributed by atoms with E-state index in [1.54, 1.807) is 55.7 Å². The molecule has 1 aromatic carbocycles. The normalized spacial score (nSPS) is 13.6. The van der Waals surface area contributed by atoms with Crippen molar-refractivity contribution < 1.29 is 9.90 Å². The van der Waals surface area contributed by atoms with Gasteiger partial charge in [0.05, 0.1) is 10.7 Å². The van der Waals surface area contributed by atoms with Crippen LogP contribution in [0.5, 0.6) is 0 Å². The van der Waals surface area contributed by atoms with E-state index in [1.807, 2.05) is 0 Å². The van der Waals surface area contributed by atoms with Gasteiger partial charge in [0.25, 0.3) is 0 Å². The zero-order chi connectivity index (χ0) is 13.9. The molecule has 4 nitrogen and oxygen atoms in total. The summed E-state index contributed by atoms with van der Waals surface area (Å²) in [5.41, 5.74) is -0.0886. The Morgan fingerprint density at radius 1 is 1.26 bits per heavy atom. The summed E-state index contributed by atoms with van der Waals surface area (Å²) in [6, 6.07) is 10.4. The zero-order valence-electron chi connectivity index (χ0n) is 10.3. The maximum atomic E-state index is 11.6. The van der Waals surface area contributed by atoms with Crippen molar-refractivity contribution >= 4 is 23.3 Å². The molecule has 2 aromatic rings. The summed E-state index contributed by atoms with van der Waals surface area (Å²) in [5.74, 6) is -0.987. The van der Waals surface area contributed by atoms with Gasteiger partial charge < -0.3 is 10.4 Å². The van der Waals surface area contributed by atoms with Crippen molar-refractivity contribution in [2.24, 2.45) is 0 Å². The summed E-state index contributed by atoms with van der Waals surface area (Å²) in [6.07, 6.45) is 3.12. The summed E-state index contributed by atoms with van der Waals surface area (Å²) in [4.78, 5) is 15.5. The number of carboxylic acids is 1. The SMILES string of the molecule is CC(Nc1ccccc1Cl)(C(=O)O)c1ccncc1. The zero-order valence-corrected chi connectivity index (χ0v) is 11.1. The van der Waals surface area contributed by atoms with Crippen molar-refractivity contribution in [3.8, 4) is 0 Å². The lowest BCUT2D eigenvalue weighted by molar-refractivity contribution is -0.142. The number of benzene rings is 1. The van der Waals surface area contributed by atoms with Gasteiger partial charge in [-0.05, 0) is 36.8 Å². The van der Waals surface area contributed by atoms with Crippen LogP contribution in [-0.4, -0.2) is 16.1 Å². The van der Waals surface area contributed by atoms with Crippen molar-refractivity contribution in [3.63, 3.8) is 0 Å². The molecule has 1 atom stereocenters. The Hall–Kier alpha value is -2.07. The first-order chi connectivity index (χ1) is 9.04. The first-order valence-corrected chi connectivity index (χ1v) is 6.08. The van der Waals surface area contributed by atoms with E-state index < -0.39 is 11.5 Å². The number of halogens is 1. The van der Waals surface area contributed by atoms with E-state index in [0.29, 0.717) is 16.3 Å². The van der Waals surface area contributed by atoms with Crippen molar-refractivity contribution in [2.75, 3.05) is 5.32 Å². The second-order valence-electron chi connectivity index (χ2n) is 4.27. The Bertz CT molecular complexity index is 589. The van der Waals surface area contributed by atoms with Crippen LogP contribution in [0.1, 0.15) is 12.5 Å². The molecule has 0 saturated heterocycles. The van der Waals surface area contributed by atoms with E-state index in [9.17, 15) is 9.90 Å². The largest absolute Gasteiger partial charge is 0.479 e. The molecule has 1 heterocycles. The molecule has 0 aliphatic carbocycles. The van der Waals surface area contributed by atoms with Crippen LogP contribution in [0, 0.1) is 0 Å². The number of para-hydroxylation sites is 1. The number of pyridine rings is 1. The van der Waals surface area contributed by atoms with E-state index in [2.05, 4.69) is 10.3 Å². The predicted octanol–water partition coefficient (Wildman–Crippen LogP) is 3.15. The van der Waals surface area contributed by atoms with Gasteiger partial charge in [0, 0.05) is 12.4 Å². The molecule has 0 radical (unpaired) electrons. The Balaban J connectivity index is 2.42. The minimum atomic E-state index is -1.27. The van der Waals surface area contributed by atoms with Gasteiger partial charge in [0.2, 0.25) is 0 Å². The fraction of sp³-hybridized carbons (Fsp3) is 0.143. The molecule has 0 spiro atoms. The lowest BCUT2D eigenvalue weighted by atomic mass is 9.92. The smallest absolute Gasteiger partial charge is 0.333 e. The van der Waals surface area contributed by atoms with Crippen molar-refractivity contribution in [1.82, 2.24) is 4.98 Å². The third-order valence-electron chi connectivity index (χ3n) is 2.94. The molecule has 0 fully saturated rings. The molecule has 1 unspecified atom stereocenters. The number of aliphatic carboxylic acids is 1. The van der Waals surface area contributed by atoms with Crippen LogP contribution in [0.2, 0.25) is 5.02 Å².